The lowest BCUT2D eigenvalue weighted by atomic mass is 10.2. The summed E-state index contributed by atoms with van der Waals surface area (Å²) in [6, 6.07) is 7.35. The van der Waals surface area contributed by atoms with Gasteiger partial charge >= 0.3 is 0 Å². The zero-order valence-corrected chi connectivity index (χ0v) is 15.5. The van der Waals surface area contributed by atoms with Gasteiger partial charge in [0, 0.05) is 32.1 Å². The van der Waals surface area contributed by atoms with Crippen LogP contribution in [-0.4, -0.2) is 55.4 Å². The van der Waals surface area contributed by atoms with Crippen molar-refractivity contribution in [2.24, 2.45) is 0 Å². The molecule has 27 heavy (non-hydrogen) atoms. The fourth-order valence-electron chi connectivity index (χ4n) is 2.18. The molecule has 0 unspecified atom stereocenters. The van der Waals surface area contributed by atoms with E-state index in [1.165, 1.54) is 0 Å². The molecule has 0 atom stereocenters. The molecule has 0 fully saturated rings. The number of aryl methyl sites for hydroxylation is 1. The van der Waals surface area contributed by atoms with Crippen LogP contribution in [0, 0.1) is 0 Å². The molecule has 1 aromatic heterocycles. The molecule has 0 radical (unpaired) electrons. The summed E-state index contributed by atoms with van der Waals surface area (Å²) in [4.78, 5) is 27.6. The third-order valence-electron chi connectivity index (χ3n) is 3.53. The maximum absolute atomic E-state index is 11.8. The van der Waals surface area contributed by atoms with Crippen LogP contribution in [-0.2, 0) is 20.7 Å². The Labute approximate surface area is 157 Å². The van der Waals surface area contributed by atoms with Gasteiger partial charge in [-0.25, -0.2) is 0 Å². The molecule has 2 N–H and O–H groups in total. The maximum Gasteiger partial charge on any atom is 0.239 e. The van der Waals surface area contributed by atoms with Gasteiger partial charge < -0.3 is 24.6 Å². The van der Waals surface area contributed by atoms with Crippen LogP contribution in [0.1, 0.15) is 19.2 Å². The minimum absolute atomic E-state index is 0.0796. The van der Waals surface area contributed by atoms with Crippen LogP contribution in [0.15, 0.2) is 28.8 Å². The van der Waals surface area contributed by atoms with Crippen LogP contribution in [0.2, 0.25) is 0 Å². The number of carbonyl (C=O) groups excluding carboxylic acids is 2. The van der Waals surface area contributed by atoms with E-state index in [1.54, 1.807) is 7.11 Å². The monoisotopic (exact) mass is 376 g/mol. The van der Waals surface area contributed by atoms with Crippen molar-refractivity contribution in [3.63, 3.8) is 0 Å². The van der Waals surface area contributed by atoms with Gasteiger partial charge in [-0.1, -0.05) is 5.16 Å². The van der Waals surface area contributed by atoms with E-state index in [-0.39, 0.29) is 24.8 Å². The Hall–Kier alpha value is -2.94. The van der Waals surface area contributed by atoms with E-state index >= 15 is 0 Å². The van der Waals surface area contributed by atoms with E-state index in [0.717, 1.165) is 11.3 Å². The standard InChI is InChI=1S/C18H24N4O5/c1-3-26-14-6-4-13(5-7-14)18-21-17(27-22-18)9-8-15(23)20-12-16(24)19-10-11-25-2/h4-7H,3,8-12H2,1-2H3,(H,19,24)(H,20,23). The Bertz CT molecular complexity index is 730. The zero-order valence-electron chi connectivity index (χ0n) is 15.5. The number of amides is 2. The predicted octanol–water partition coefficient (Wildman–Crippen LogP) is 0.947. The average Bonchev–Trinajstić information content (AvgIpc) is 3.15. The molecule has 9 nitrogen and oxygen atoms in total. The highest BCUT2D eigenvalue weighted by molar-refractivity contribution is 5.84. The van der Waals surface area contributed by atoms with Crippen LogP contribution in [0.3, 0.4) is 0 Å². The minimum Gasteiger partial charge on any atom is -0.494 e. The third kappa shape index (κ3) is 7.06. The predicted molar refractivity (Wildman–Crippen MR) is 97.1 cm³/mol. The lowest BCUT2D eigenvalue weighted by molar-refractivity contribution is -0.126. The molecule has 146 valence electrons. The van der Waals surface area contributed by atoms with Crippen LogP contribution < -0.4 is 15.4 Å². The summed E-state index contributed by atoms with van der Waals surface area (Å²) in [5.41, 5.74) is 0.797. The van der Waals surface area contributed by atoms with Crippen molar-refractivity contribution in [3.05, 3.63) is 30.2 Å². The molecule has 0 saturated heterocycles. The number of hydrogen-bond acceptors (Lipinski definition) is 7. The number of nitrogens with one attached hydrogen (secondary N) is 2. The summed E-state index contributed by atoms with van der Waals surface area (Å²) in [7, 11) is 1.55. The summed E-state index contributed by atoms with van der Waals surface area (Å²) >= 11 is 0. The molecule has 0 aliphatic carbocycles. The lowest BCUT2D eigenvalue weighted by Gasteiger charge is -2.05. The van der Waals surface area contributed by atoms with E-state index in [0.29, 0.717) is 37.9 Å². The Balaban J connectivity index is 1.75. The second-order valence-electron chi connectivity index (χ2n) is 5.59. The van der Waals surface area contributed by atoms with Crippen molar-refractivity contribution in [3.8, 4) is 17.1 Å². The van der Waals surface area contributed by atoms with Crippen LogP contribution in [0.25, 0.3) is 11.4 Å². The molecule has 0 spiro atoms. The summed E-state index contributed by atoms with van der Waals surface area (Å²) in [6.07, 6.45) is 0.442. The van der Waals surface area contributed by atoms with Crippen molar-refractivity contribution in [2.75, 3.05) is 33.4 Å². The quantitative estimate of drug-likeness (QED) is 0.561. The van der Waals surface area contributed by atoms with Crippen molar-refractivity contribution in [1.82, 2.24) is 20.8 Å². The first-order chi connectivity index (χ1) is 13.1. The maximum atomic E-state index is 11.8. The van der Waals surface area contributed by atoms with Gasteiger partial charge in [0.2, 0.25) is 23.5 Å². The van der Waals surface area contributed by atoms with E-state index in [4.69, 9.17) is 14.0 Å². The molecule has 0 bridgehead atoms. The van der Waals surface area contributed by atoms with Crippen LogP contribution >= 0.6 is 0 Å². The number of aromatic nitrogens is 2. The first kappa shape index (κ1) is 20.4. The van der Waals surface area contributed by atoms with E-state index in [9.17, 15) is 9.59 Å². The first-order valence-electron chi connectivity index (χ1n) is 8.70. The highest BCUT2D eigenvalue weighted by Gasteiger charge is 2.11. The number of benzene rings is 1. The number of rotatable bonds is 11. The van der Waals surface area contributed by atoms with Crippen molar-refractivity contribution >= 4 is 11.8 Å². The summed E-state index contributed by atoms with van der Waals surface area (Å²) in [5.74, 6) is 1.05. The topological polar surface area (TPSA) is 116 Å². The highest BCUT2D eigenvalue weighted by Crippen LogP contribution is 2.20. The molecule has 2 amide bonds. The smallest absolute Gasteiger partial charge is 0.239 e. The van der Waals surface area contributed by atoms with Gasteiger partial charge in [0.1, 0.15) is 5.75 Å². The Kier molecular flexibility index (Phi) is 8.24. The molecule has 2 aromatic rings. The van der Waals surface area contributed by atoms with Gasteiger partial charge in [-0.3, -0.25) is 9.59 Å². The minimum atomic E-state index is -0.268. The fraction of sp³-hybridized carbons (Fsp3) is 0.444. The van der Waals surface area contributed by atoms with Crippen LogP contribution in [0.5, 0.6) is 5.75 Å². The van der Waals surface area contributed by atoms with Crippen LogP contribution in [0.4, 0.5) is 0 Å². The van der Waals surface area contributed by atoms with Gasteiger partial charge in [0.25, 0.3) is 0 Å². The molecule has 2 rings (SSSR count). The highest BCUT2D eigenvalue weighted by atomic mass is 16.5. The largest absolute Gasteiger partial charge is 0.494 e. The average molecular weight is 376 g/mol. The Morgan fingerprint density at radius 1 is 1.15 bits per heavy atom. The number of nitrogens with zero attached hydrogens (tertiary/aromatic N) is 2. The number of carbonyl (C=O) groups is 2. The number of ether oxygens (including phenoxy) is 2. The molecule has 0 saturated carbocycles. The number of methoxy groups -OCH3 is 1. The summed E-state index contributed by atoms with van der Waals surface area (Å²) < 4.78 is 15.4. The second kappa shape index (κ2) is 10.9. The second-order valence-corrected chi connectivity index (χ2v) is 5.59. The first-order valence-corrected chi connectivity index (χ1v) is 8.70. The lowest BCUT2D eigenvalue weighted by Crippen LogP contribution is -2.38. The molecule has 0 aliphatic rings. The van der Waals surface area contributed by atoms with Gasteiger partial charge in [-0.2, -0.15) is 4.98 Å². The van der Waals surface area contributed by atoms with E-state index < -0.39 is 0 Å². The van der Waals surface area contributed by atoms with Gasteiger partial charge in [-0.05, 0) is 31.2 Å². The molecule has 9 heteroatoms. The zero-order chi connectivity index (χ0) is 19.5. The van der Waals surface area contributed by atoms with Gasteiger partial charge in [-0.15, -0.1) is 0 Å². The molecular formula is C18H24N4O5. The number of hydrogen-bond donors (Lipinski definition) is 2. The molecule has 0 aliphatic heterocycles. The summed E-state index contributed by atoms with van der Waals surface area (Å²) in [6.45, 7) is 3.27. The normalized spacial score (nSPS) is 10.4. The van der Waals surface area contributed by atoms with Crippen molar-refractivity contribution < 1.29 is 23.6 Å². The fourth-order valence-corrected chi connectivity index (χ4v) is 2.18. The Morgan fingerprint density at radius 2 is 1.93 bits per heavy atom. The molecular weight excluding hydrogens is 352 g/mol. The van der Waals surface area contributed by atoms with Gasteiger partial charge in [0.05, 0.1) is 19.8 Å². The van der Waals surface area contributed by atoms with E-state index in [2.05, 4.69) is 20.8 Å². The molecule has 1 aromatic carbocycles. The molecule has 1 heterocycles. The van der Waals surface area contributed by atoms with Gasteiger partial charge in [0.15, 0.2) is 0 Å². The SMILES string of the molecule is CCOc1ccc(-c2noc(CCC(=O)NCC(=O)NCCOC)n2)cc1. The van der Waals surface area contributed by atoms with Crippen molar-refractivity contribution in [2.45, 2.75) is 19.8 Å². The Morgan fingerprint density at radius 3 is 2.63 bits per heavy atom. The van der Waals surface area contributed by atoms with E-state index in [1.807, 2.05) is 31.2 Å². The van der Waals surface area contributed by atoms with Crippen molar-refractivity contribution in [1.29, 1.82) is 0 Å². The third-order valence-corrected chi connectivity index (χ3v) is 3.53. The summed E-state index contributed by atoms with van der Waals surface area (Å²) in [5, 5.41) is 9.08.